The lowest BCUT2D eigenvalue weighted by atomic mass is 10.2. The fourth-order valence-electron chi connectivity index (χ4n) is 2.38. The molecule has 4 aromatic rings. The third kappa shape index (κ3) is 2.14. The van der Waals surface area contributed by atoms with Crippen molar-refractivity contribution in [2.24, 2.45) is 0 Å². The lowest BCUT2D eigenvalue weighted by Crippen LogP contribution is -1.78. The number of aryl methyl sites for hydroxylation is 1. The minimum absolute atomic E-state index is 0.960. The maximum Gasteiger partial charge on any atom is 0.137 e. The summed E-state index contributed by atoms with van der Waals surface area (Å²) in [6.07, 6.45) is 4.07. The van der Waals surface area contributed by atoms with E-state index in [-0.39, 0.29) is 0 Å². The van der Waals surface area contributed by atoms with Crippen molar-refractivity contribution in [2.45, 2.75) is 6.92 Å². The Hall–Kier alpha value is -2.46. The molecule has 3 aromatic heterocycles. The molecule has 0 bridgehead atoms. The molecule has 0 amide bonds. The predicted octanol–water partition coefficient (Wildman–Crippen LogP) is 4.43. The first-order valence-electron chi connectivity index (χ1n) is 6.78. The van der Waals surface area contributed by atoms with E-state index in [0.717, 1.165) is 32.5 Å². The third-order valence-corrected chi connectivity index (χ3v) is 4.64. The van der Waals surface area contributed by atoms with E-state index in [1.165, 1.54) is 0 Å². The number of imidazole rings is 1. The third-order valence-electron chi connectivity index (χ3n) is 3.41. The summed E-state index contributed by atoms with van der Waals surface area (Å²) in [6.45, 7) is 2.04. The Morgan fingerprint density at radius 2 is 1.76 bits per heavy atom. The van der Waals surface area contributed by atoms with Crippen molar-refractivity contribution in [1.82, 2.24) is 14.4 Å². The highest BCUT2D eigenvalue weighted by Gasteiger charge is 2.13. The van der Waals surface area contributed by atoms with E-state index in [0.29, 0.717) is 0 Å². The van der Waals surface area contributed by atoms with E-state index >= 15 is 0 Å². The number of rotatable bonds is 2. The molecule has 0 radical (unpaired) electrons. The fraction of sp³-hybridized carbons (Fsp3) is 0.0588. The summed E-state index contributed by atoms with van der Waals surface area (Å²) >= 11 is 1.69. The van der Waals surface area contributed by atoms with E-state index in [1.807, 2.05) is 53.9 Å². The van der Waals surface area contributed by atoms with E-state index < -0.39 is 0 Å². The summed E-state index contributed by atoms with van der Waals surface area (Å²) in [4.78, 5) is 10.5. The largest absolute Gasteiger partial charge is 0.306 e. The first-order valence-corrected chi connectivity index (χ1v) is 7.60. The first kappa shape index (κ1) is 12.3. The summed E-state index contributed by atoms with van der Waals surface area (Å²) in [5.41, 5.74) is 4.13. The summed E-state index contributed by atoms with van der Waals surface area (Å²) < 4.78 is 2.04. The average Bonchev–Trinajstić information content (AvgIpc) is 3.11. The molecule has 0 aliphatic heterocycles. The van der Waals surface area contributed by atoms with Crippen LogP contribution < -0.4 is 0 Å². The van der Waals surface area contributed by atoms with Gasteiger partial charge in [-0.05, 0) is 19.1 Å². The standard InChI is InChI=1S/C17H13N3S/c1-12-16(14-11-20-10-6-5-9-15(20)19-14)21-17(18-12)13-7-3-2-4-8-13/h2-11H,1H3. The van der Waals surface area contributed by atoms with Crippen LogP contribution in [0.5, 0.6) is 0 Å². The van der Waals surface area contributed by atoms with Gasteiger partial charge in [-0.2, -0.15) is 0 Å². The molecule has 0 saturated carbocycles. The topological polar surface area (TPSA) is 30.2 Å². The molecule has 21 heavy (non-hydrogen) atoms. The Balaban J connectivity index is 1.84. The number of hydrogen-bond donors (Lipinski definition) is 0. The number of hydrogen-bond acceptors (Lipinski definition) is 3. The van der Waals surface area contributed by atoms with Gasteiger partial charge in [-0.15, -0.1) is 11.3 Å². The molecule has 4 heteroatoms. The highest BCUT2D eigenvalue weighted by atomic mass is 32.1. The average molecular weight is 291 g/mol. The van der Waals surface area contributed by atoms with Crippen LogP contribution in [0.1, 0.15) is 5.69 Å². The van der Waals surface area contributed by atoms with Gasteiger partial charge in [-0.1, -0.05) is 36.4 Å². The highest BCUT2D eigenvalue weighted by Crippen LogP contribution is 2.34. The van der Waals surface area contributed by atoms with Crippen molar-refractivity contribution in [3.63, 3.8) is 0 Å². The van der Waals surface area contributed by atoms with Gasteiger partial charge in [-0.3, -0.25) is 0 Å². The monoisotopic (exact) mass is 291 g/mol. The van der Waals surface area contributed by atoms with Crippen LogP contribution in [0.15, 0.2) is 60.9 Å². The van der Waals surface area contributed by atoms with Crippen molar-refractivity contribution >= 4 is 17.0 Å². The molecular formula is C17H13N3S. The van der Waals surface area contributed by atoms with Crippen LogP contribution in [-0.2, 0) is 0 Å². The second-order valence-electron chi connectivity index (χ2n) is 4.89. The predicted molar refractivity (Wildman–Crippen MR) is 86.5 cm³/mol. The number of benzene rings is 1. The molecule has 102 valence electrons. The fourth-order valence-corrected chi connectivity index (χ4v) is 3.41. The zero-order valence-corrected chi connectivity index (χ0v) is 12.3. The summed E-state index contributed by atoms with van der Waals surface area (Å²) in [5.74, 6) is 0. The molecule has 3 nitrogen and oxygen atoms in total. The van der Waals surface area contributed by atoms with Crippen LogP contribution in [0.3, 0.4) is 0 Å². The molecular weight excluding hydrogens is 278 g/mol. The minimum Gasteiger partial charge on any atom is -0.306 e. The van der Waals surface area contributed by atoms with E-state index in [4.69, 9.17) is 4.98 Å². The Morgan fingerprint density at radius 3 is 2.57 bits per heavy atom. The lowest BCUT2D eigenvalue weighted by molar-refractivity contribution is 1.19. The number of pyridine rings is 1. The molecule has 0 atom stereocenters. The maximum atomic E-state index is 4.70. The van der Waals surface area contributed by atoms with Gasteiger partial charge in [0.1, 0.15) is 16.3 Å². The molecule has 0 aliphatic rings. The zero-order valence-electron chi connectivity index (χ0n) is 11.5. The van der Waals surface area contributed by atoms with Gasteiger partial charge >= 0.3 is 0 Å². The van der Waals surface area contributed by atoms with Gasteiger partial charge in [0.05, 0.1) is 10.6 Å². The van der Waals surface area contributed by atoms with Gasteiger partial charge in [-0.25, -0.2) is 9.97 Å². The van der Waals surface area contributed by atoms with Crippen molar-refractivity contribution < 1.29 is 0 Å². The van der Waals surface area contributed by atoms with Gasteiger partial charge in [0.15, 0.2) is 0 Å². The second-order valence-corrected chi connectivity index (χ2v) is 5.89. The quantitative estimate of drug-likeness (QED) is 0.547. The zero-order chi connectivity index (χ0) is 14.2. The Bertz CT molecular complexity index is 873. The second kappa shape index (κ2) is 4.82. The first-order chi connectivity index (χ1) is 10.3. The van der Waals surface area contributed by atoms with Gasteiger partial charge < -0.3 is 4.40 Å². The van der Waals surface area contributed by atoms with Crippen LogP contribution in [0, 0.1) is 6.92 Å². The van der Waals surface area contributed by atoms with Crippen molar-refractivity contribution in [3.05, 3.63) is 66.6 Å². The summed E-state index contributed by atoms with van der Waals surface area (Å²) in [5, 5.41) is 1.04. The maximum absolute atomic E-state index is 4.70. The molecule has 0 N–H and O–H groups in total. The molecule has 0 unspecified atom stereocenters. The molecule has 1 aromatic carbocycles. The number of aromatic nitrogens is 3. The van der Waals surface area contributed by atoms with E-state index in [2.05, 4.69) is 23.3 Å². The van der Waals surface area contributed by atoms with Crippen LogP contribution in [0.25, 0.3) is 26.8 Å². The van der Waals surface area contributed by atoms with Crippen LogP contribution in [-0.4, -0.2) is 14.4 Å². The molecule has 0 saturated heterocycles. The van der Waals surface area contributed by atoms with E-state index in [9.17, 15) is 0 Å². The minimum atomic E-state index is 0.960. The van der Waals surface area contributed by atoms with Crippen LogP contribution >= 0.6 is 11.3 Å². The summed E-state index contributed by atoms with van der Waals surface area (Å²) in [6, 6.07) is 16.3. The smallest absolute Gasteiger partial charge is 0.137 e. The van der Waals surface area contributed by atoms with Crippen molar-refractivity contribution in [3.8, 4) is 21.1 Å². The normalized spacial score (nSPS) is 11.1. The summed E-state index contributed by atoms with van der Waals surface area (Å²) in [7, 11) is 0. The van der Waals surface area contributed by atoms with Gasteiger partial charge in [0.2, 0.25) is 0 Å². The SMILES string of the molecule is Cc1nc(-c2ccccc2)sc1-c1cn2ccccc2n1. The molecule has 0 fully saturated rings. The van der Waals surface area contributed by atoms with Gasteiger partial charge in [0.25, 0.3) is 0 Å². The molecule has 0 aliphatic carbocycles. The highest BCUT2D eigenvalue weighted by molar-refractivity contribution is 7.18. The number of thiazole rings is 1. The number of nitrogens with zero attached hydrogens (tertiary/aromatic N) is 3. The Labute approximate surface area is 126 Å². The van der Waals surface area contributed by atoms with Crippen LogP contribution in [0.2, 0.25) is 0 Å². The molecule has 4 rings (SSSR count). The van der Waals surface area contributed by atoms with Gasteiger partial charge in [0, 0.05) is 18.0 Å². The van der Waals surface area contributed by atoms with E-state index in [1.54, 1.807) is 11.3 Å². The number of fused-ring (bicyclic) bond motifs is 1. The lowest BCUT2D eigenvalue weighted by Gasteiger charge is -1.92. The molecule has 0 spiro atoms. The van der Waals surface area contributed by atoms with Crippen LogP contribution in [0.4, 0.5) is 0 Å². The van der Waals surface area contributed by atoms with Crippen molar-refractivity contribution in [1.29, 1.82) is 0 Å². The Morgan fingerprint density at radius 1 is 0.952 bits per heavy atom. The molecule has 3 heterocycles. The Kier molecular flexibility index (Phi) is 2.82. The van der Waals surface area contributed by atoms with Crippen molar-refractivity contribution in [2.75, 3.05) is 0 Å².